The number of piperidine rings is 1. The Morgan fingerprint density at radius 3 is 2.65 bits per heavy atom. The Morgan fingerprint density at radius 2 is 2.15 bits per heavy atom. The van der Waals surface area contributed by atoms with Crippen molar-refractivity contribution in [1.29, 1.82) is 0 Å². The molecule has 0 saturated carbocycles. The van der Waals surface area contributed by atoms with Crippen LogP contribution < -0.4 is 0 Å². The quantitative estimate of drug-likeness (QED) is 0.710. The van der Waals surface area contributed by atoms with Crippen molar-refractivity contribution in [1.82, 2.24) is 4.31 Å². The summed E-state index contributed by atoms with van der Waals surface area (Å²) >= 11 is 10.4. The minimum atomic E-state index is -3.41. The number of hydrogen-bond donors (Lipinski definition) is 0. The minimum Gasteiger partial charge on any atom is -0.377 e. The topological polar surface area (TPSA) is 46.6 Å². The van der Waals surface area contributed by atoms with Crippen LogP contribution in [0.3, 0.4) is 0 Å². The predicted octanol–water partition coefficient (Wildman–Crippen LogP) is 3.27. The van der Waals surface area contributed by atoms with Crippen molar-refractivity contribution in [2.24, 2.45) is 0 Å². The van der Waals surface area contributed by atoms with Gasteiger partial charge in [-0.1, -0.05) is 27.5 Å². The molecule has 0 amide bonds. The van der Waals surface area contributed by atoms with Gasteiger partial charge in [0.05, 0.1) is 17.0 Å². The average molecular weight is 403 g/mol. The summed E-state index contributed by atoms with van der Waals surface area (Å²) in [5.74, 6) is 0. The molecule has 4 nitrogen and oxygen atoms in total. The summed E-state index contributed by atoms with van der Waals surface area (Å²) in [4.78, 5) is 0. The van der Waals surface area contributed by atoms with Crippen LogP contribution in [0.15, 0.2) is 10.3 Å². The van der Waals surface area contributed by atoms with Gasteiger partial charge in [-0.05, 0) is 31.4 Å². The molecule has 20 heavy (non-hydrogen) atoms. The SMILES string of the molecule is Cc1cc(S(=O)(=O)N2CCC(OCCBr)CC2)sc1Cl. The molecule has 1 aliphatic rings. The van der Waals surface area contributed by atoms with Gasteiger partial charge in [0.1, 0.15) is 4.21 Å². The van der Waals surface area contributed by atoms with Crippen LogP contribution in [0, 0.1) is 6.92 Å². The number of nitrogens with zero attached hydrogens (tertiary/aromatic N) is 1. The fraction of sp³-hybridized carbons (Fsp3) is 0.667. The van der Waals surface area contributed by atoms with E-state index < -0.39 is 10.0 Å². The zero-order valence-electron chi connectivity index (χ0n) is 11.1. The first-order valence-corrected chi connectivity index (χ1v) is 10.1. The Balaban J connectivity index is 2.02. The van der Waals surface area contributed by atoms with Crippen LogP contribution in [0.1, 0.15) is 18.4 Å². The van der Waals surface area contributed by atoms with Gasteiger partial charge in [0, 0.05) is 18.4 Å². The maximum atomic E-state index is 12.5. The first-order valence-electron chi connectivity index (χ1n) is 6.39. The Labute approximate surface area is 137 Å². The van der Waals surface area contributed by atoms with Crippen LogP contribution in [0.2, 0.25) is 4.34 Å². The van der Waals surface area contributed by atoms with E-state index in [1.807, 2.05) is 6.92 Å². The molecule has 0 radical (unpaired) electrons. The fourth-order valence-electron chi connectivity index (χ4n) is 2.14. The highest BCUT2D eigenvalue weighted by molar-refractivity contribution is 9.09. The molecule has 1 aromatic rings. The molecule has 1 aromatic heterocycles. The summed E-state index contributed by atoms with van der Waals surface area (Å²) < 4.78 is 33.0. The Hall–Kier alpha value is 0.340. The van der Waals surface area contributed by atoms with Gasteiger partial charge in [-0.2, -0.15) is 4.31 Å². The first-order chi connectivity index (χ1) is 9.45. The molecule has 0 atom stereocenters. The van der Waals surface area contributed by atoms with Crippen molar-refractivity contribution in [2.45, 2.75) is 30.1 Å². The maximum absolute atomic E-state index is 12.5. The van der Waals surface area contributed by atoms with Crippen molar-refractivity contribution in [3.05, 3.63) is 16.0 Å². The van der Waals surface area contributed by atoms with Crippen molar-refractivity contribution < 1.29 is 13.2 Å². The van der Waals surface area contributed by atoms with E-state index in [4.69, 9.17) is 16.3 Å². The monoisotopic (exact) mass is 401 g/mol. The molecule has 0 bridgehead atoms. The highest BCUT2D eigenvalue weighted by Crippen LogP contribution is 2.33. The fourth-order valence-corrected chi connectivity index (χ4v) is 5.66. The van der Waals surface area contributed by atoms with Crippen LogP contribution >= 0.6 is 38.9 Å². The molecule has 1 saturated heterocycles. The normalized spacial score (nSPS) is 18.6. The third-order valence-electron chi connectivity index (χ3n) is 3.26. The number of hydrogen-bond acceptors (Lipinski definition) is 4. The molecule has 8 heteroatoms. The Kier molecular flexibility index (Phi) is 5.90. The van der Waals surface area contributed by atoms with Crippen molar-refractivity contribution in [2.75, 3.05) is 25.0 Å². The van der Waals surface area contributed by atoms with Gasteiger partial charge in [-0.3, -0.25) is 0 Å². The Bertz CT molecular complexity index is 534. The Morgan fingerprint density at radius 1 is 1.50 bits per heavy atom. The lowest BCUT2D eigenvalue weighted by Crippen LogP contribution is -2.40. The predicted molar refractivity (Wildman–Crippen MR) is 85.6 cm³/mol. The third-order valence-corrected chi connectivity index (χ3v) is 7.49. The summed E-state index contributed by atoms with van der Waals surface area (Å²) in [6.07, 6.45) is 1.64. The molecule has 2 heterocycles. The van der Waals surface area contributed by atoms with E-state index in [0.717, 1.165) is 35.1 Å². The molecule has 2 rings (SSSR count). The van der Waals surface area contributed by atoms with Gasteiger partial charge in [0.15, 0.2) is 0 Å². The maximum Gasteiger partial charge on any atom is 0.252 e. The molecule has 0 spiro atoms. The van der Waals surface area contributed by atoms with E-state index in [0.29, 0.717) is 28.2 Å². The number of alkyl halides is 1. The molecule has 0 N–H and O–H groups in total. The smallest absolute Gasteiger partial charge is 0.252 e. The van der Waals surface area contributed by atoms with Gasteiger partial charge < -0.3 is 4.74 Å². The van der Waals surface area contributed by atoms with Crippen LogP contribution in [-0.4, -0.2) is 43.9 Å². The van der Waals surface area contributed by atoms with E-state index in [-0.39, 0.29) is 6.10 Å². The second-order valence-electron chi connectivity index (χ2n) is 4.69. The number of ether oxygens (including phenoxy) is 1. The molecule has 1 fully saturated rings. The van der Waals surface area contributed by atoms with Crippen LogP contribution in [0.25, 0.3) is 0 Å². The molecular weight excluding hydrogens is 386 g/mol. The standard InChI is InChI=1S/C12H17BrClNO3S2/c1-9-8-11(19-12(9)14)20(16,17)15-5-2-10(3-6-15)18-7-4-13/h8,10H,2-7H2,1H3. The highest BCUT2D eigenvalue weighted by atomic mass is 79.9. The summed E-state index contributed by atoms with van der Waals surface area (Å²) in [5, 5.41) is 0.804. The molecule has 0 unspecified atom stereocenters. The van der Waals surface area contributed by atoms with E-state index in [2.05, 4.69) is 15.9 Å². The van der Waals surface area contributed by atoms with Crippen molar-refractivity contribution in [3.63, 3.8) is 0 Å². The van der Waals surface area contributed by atoms with Gasteiger partial charge >= 0.3 is 0 Å². The van der Waals surface area contributed by atoms with Crippen molar-refractivity contribution in [3.8, 4) is 0 Å². The van der Waals surface area contributed by atoms with E-state index in [1.54, 1.807) is 6.07 Å². The number of thiophene rings is 1. The van der Waals surface area contributed by atoms with Crippen LogP contribution in [0.5, 0.6) is 0 Å². The number of aryl methyl sites for hydroxylation is 1. The van der Waals surface area contributed by atoms with Crippen LogP contribution in [-0.2, 0) is 14.8 Å². The van der Waals surface area contributed by atoms with Gasteiger partial charge in [-0.15, -0.1) is 11.3 Å². The van der Waals surface area contributed by atoms with Gasteiger partial charge in [0.25, 0.3) is 10.0 Å². The van der Waals surface area contributed by atoms with Gasteiger partial charge in [-0.25, -0.2) is 8.42 Å². The highest BCUT2D eigenvalue weighted by Gasteiger charge is 2.31. The summed E-state index contributed by atoms with van der Waals surface area (Å²) in [6, 6.07) is 1.65. The average Bonchev–Trinajstić information content (AvgIpc) is 2.77. The molecule has 1 aliphatic heterocycles. The minimum absolute atomic E-state index is 0.160. The largest absolute Gasteiger partial charge is 0.377 e. The molecule has 114 valence electrons. The van der Waals surface area contributed by atoms with E-state index in [9.17, 15) is 8.42 Å². The second-order valence-corrected chi connectivity index (χ2v) is 9.30. The molecule has 0 aromatic carbocycles. The lowest BCUT2D eigenvalue weighted by atomic mass is 10.1. The number of halogens is 2. The third kappa shape index (κ3) is 3.75. The van der Waals surface area contributed by atoms with Crippen LogP contribution in [0.4, 0.5) is 0 Å². The molecule has 0 aliphatic carbocycles. The summed E-state index contributed by atoms with van der Waals surface area (Å²) in [5.41, 5.74) is 0.811. The lowest BCUT2D eigenvalue weighted by molar-refractivity contribution is 0.0309. The first kappa shape index (κ1) is 16.7. The van der Waals surface area contributed by atoms with E-state index in [1.165, 1.54) is 4.31 Å². The molecular formula is C12H17BrClNO3S2. The lowest BCUT2D eigenvalue weighted by Gasteiger charge is -2.30. The zero-order valence-corrected chi connectivity index (χ0v) is 15.1. The second kappa shape index (κ2) is 7.07. The number of rotatable bonds is 5. The number of sulfonamides is 1. The van der Waals surface area contributed by atoms with E-state index >= 15 is 0 Å². The van der Waals surface area contributed by atoms with Crippen molar-refractivity contribution >= 4 is 48.9 Å². The zero-order chi connectivity index (χ0) is 14.8. The summed E-state index contributed by atoms with van der Waals surface area (Å²) in [7, 11) is -3.41. The summed E-state index contributed by atoms with van der Waals surface area (Å²) in [6.45, 7) is 3.49. The van der Waals surface area contributed by atoms with Gasteiger partial charge in [0.2, 0.25) is 0 Å².